The SMILES string of the molecule is O=C(/C=C/c1ccc(S(=O)(=O)NCc2ccco2)cc1)Nc1cccc2ccccc12. The summed E-state index contributed by atoms with van der Waals surface area (Å²) in [5.41, 5.74) is 1.44. The predicted octanol–water partition coefficient (Wildman–Crippen LogP) is 4.56. The lowest BCUT2D eigenvalue weighted by Gasteiger charge is -2.07. The Balaban J connectivity index is 1.40. The van der Waals surface area contributed by atoms with E-state index in [9.17, 15) is 13.2 Å². The van der Waals surface area contributed by atoms with Gasteiger partial charge in [-0.15, -0.1) is 0 Å². The molecule has 1 aromatic heterocycles. The van der Waals surface area contributed by atoms with Gasteiger partial charge in [-0.2, -0.15) is 0 Å². The van der Waals surface area contributed by atoms with Crippen LogP contribution in [0.5, 0.6) is 0 Å². The highest BCUT2D eigenvalue weighted by Crippen LogP contribution is 2.23. The molecule has 0 aliphatic rings. The topological polar surface area (TPSA) is 88.4 Å². The zero-order valence-electron chi connectivity index (χ0n) is 16.5. The molecule has 2 N–H and O–H groups in total. The first-order valence-corrected chi connectivity index (χ1v) is 11.1. The quantitative estimate of drug-likeness (QED) is 0.419. The summed E-state index contributed by atoms with van der Waals surface area (Å²) >= 11 is 0. The molecule has 0 aliphatic carbocycles. The molecular weight excluding hydrogens is 412 g/mol. The van der Waals surface area contributed by atoms with Crippen molar-refractivity contribution in [2.45, 2.75) is 11.4 Å². The Morgan fingerprint density at radius 2 is 1.68 bits per heavy atom. The van der Waals surface area contributed by atoms with Crippen molar-refractivity contribution < 1.29 is 17.6 Å². The third-order valence-corrected chi connectivity index (χ3v) is 6.10. The smallest absolute Gasteiger partial charge is 0.248 e. The largest absolute Gasteiger partial charge is 0.468 e. The third kappa shape index (κ3) is 5.09. The first-order valence-electron chi connectivity index (χ1n) is 9.60. The molecule has 1 heterocycles. The molecule has 156 valence electrons. The number of furan rings is 1. The van der Waals surface area contributed by atoms with Gasteiger partial charge in [-0.05, 0) is 47.4 Å². The van der Waals surface area contributed by atoms with Crippen molar-refractivity contribution in [3.05, 3.63) is 103 Å². The standard InChI is InChI=1S/C24H20N2O4S/c27-24(26-23-9-3-6-19-5-1-2-8-22(19)23)15-12-18-10-13-21(14-11-18)31(28,29)25-17-20-7-4-16-30-20/h1-16,25H,17H2,(H,26,27)/b15-12+. The maximum absolute atomic E-state index is 12.4. The van der Waals surface area contributed by atoms with E-state index < -0.39 is 10.0 Å². The van der Waals surface area contributed by atoms with E-state index in [0.29, 0.717) is 11.3 Å². The lowest BCUT2D eigenvalue weighted by Crippen LogP contribution is -2.22. The molecule has 0 radical (unpaired) electrons. The summed E-state index contributed by atoms with van der Waals surface area (Å²) in [6, 6.07) is 23.2. The van der Waals surface area contributed by atoms with Crippen LogP contribution in [0.4, 0.5) is 5.69 Å². The van der Waals surface area contributed by atoms with Crippen LogP contribution in [0.25, 0.3) is 16.8 Å². The Kier molecular flexibility index (Phi) is 5.97. The maximum atomic E-state index is 12.4. The van der Waals surface area contributed by atoms with E-state index in [2.05, 4.69) is 10.0 Å². The highest BCUT2D eigenvalue weighted by molar-refractivity contribution is 7.89. The second-order valence-electron chi connectivity index (χ2n) is 6.82. The highest BCUT2D eigenvalue weighted by Gasteiger charge is 2.14. The second-order valence-corrected chi connectivity index (χ2v) is 8.59. The molecule has 0 fully saturated rings. The fraction of sp³-hybridized carbons (Fsp3) is 0.0417. The molecule has 0 unspecified atom stereocenters. The number of amides is 1. The van der Waals surface area contributed by atoms with Gasteiger partial charge in [0.15, 0.2) is 0 Å². The van der Waals surface area contributed by atoms with Crippen LogP contribution >= 0.6 is 0 Å². The molecule has 4 rings (SSSR count). The van der Waals surface area contributed by atoms with E-state index in [-0.39, 0.29) is 17.3 Å². The van der Waals surface area contributed by atoms with Crippen LogP contribution < -0.4 is 10.0 Å². The van der Waals surface area contributed by atoms with Crippen molar-refractivity contribution in [3.8, 4) is 0 Å². The number of carbonyl (C=O) groups excluding carboxylic acids is 1. The number of hydrogen-bond donors (Lipinski definition) is 2. The molecule has 3 aromatic carbocycles. The number of fused-ring (bicyclic) bond motifs is 1. The molecule has 0 atom stereocenters. The van der Waals surface area contributed by atoms with Crippen molar-refractivity contribution >= 4 is 38.5 Å². The van der Waals surface area contributed by atoms with E-state index in [0.717, 1.165) is 16.5 Å². The van der Waals surface area contributed by atoms with Crippen molar-refractivity contribution in [3.63, 3.8) is 0 Å². The van der Waals surface area contributed by atoms with Gasteiger partial charge in [-0.3, -0.25) is 4.79 Å². The maximum Gasteiger partial charge on any atom is 0.248 e. The average Bonchev–Trinajstić information content (AvgIpc) is 3.31. The molecule has 0 bridgehead atoms. The van der Waals surface area contributed by atoms with Gasteiger partial charge >= 0.3 is 0 Å². The van der Waals surface area contributed by atoms with Crippen molar-refractivity contribution in [2.24, 2.45) is 0 Å². The monoisotopic (exact) mass is 432 g/mol. The van der Waals surface area contributed by atoms with Gasteiger partial charge in [0.1, 0.15) is 5.76 Å². The second kappa shape index (κ2) is 8.99. The summed E-state index contributed by atoms with van der Waals surface area (Å²) in [4.78, 5) is 12.5. The summed E-state index contributed by atoms with van der Waals surface area (Å²) < 4.78 is 32.4. The molecule has 1 amide bonds. The van der Waals surface area contributed by atoms with E-state index in [1.165, 1.54) is 24.5 Å². The zero-order valence-corrected chi connectivity index (χ0v) is 17.3. The van der Waals surface area contributed by atoms with Crippen LogP contribution in [-0.2, 0) is 21.4 Å². The van der Waals surface area contributed by atoms with Crippen LogP contribution in [0.3, 0.4) is 0 Å². The Labute approximate surface area is 180 Å². The van der Waals surface area contributed by atoms with Crippen molar-refractivity contribution in [2.75, 3.05) is 5.32 Å². The number of nitrogens with one attached hydrogen (secondary N) is 2. The van der Waals surface area contributed by atoms with Gasteiger partial charge in [0, 0.05) is 17.1 Å². The van der Waals surface area contributed by atoms with E-state index in [1.807, 2.05) is 42.5 Å². The number of carbonyl (C=O) groups is 1. The summed E-state index contributed by atoms with van der Waals surface area (Å²) in [6.45, 7) is 0.0747. The van der Waals surface area contributed by atoms with Crippen LogP contribution in [0.15, 0.2) is 101 Å². The van der Waals surface area contributed by atoms with Gasteiger partial charge in [0.05, 0.1) is 17.7 Å². The minimum atomic E-state index is -3.66. The Hall–Kier alpha value is -3.68. The van der Waals surface area contributed by atoms with Gasteiger partial charge in [0.2, 0.25) is 15.9 Å². The van der Waals surface area contributed by atoms with Crippen molar-refractivity contribution in [1.29, 1.82) is 0 Å². The molecule has 7 heteroatoms. The van der Waals surface area contributed by atoms with E-state index in [1.54, 1.807) is 30.3 Å². The van der Waals surface area contributed by atoms with Crippen LogP contribution in [0.1, 0.15) is 11.3 Å². The molecule has 6 nitrogen and oxygen atoms in total. The molecule has 31 heavy (non-hydrogen) atoms. The number of sulfonamides is 1. The average molecular weight is 433 g/mol. The Bertz CT molecular complexity index is 1320. The Morgan fingerprint density at radius 1 is 0.903 bits per heavy atom. The first kappa shape index (κ1) is 20.6. The summed E-state index contributed by atoms with van der Waals surface area (Å²) in [5, 5.41) is 4.89. The summed E-state index contributed by atoms with van der Waals surface area (Å²) in [6.07, 6.45) is 4.54. The normalized spacial score (nSPS) is 11.7. The fourth-order valence-electron chi connectivity index (χ4n) is 3.10. The van der Waals surface area contributed by atoms with E-state index >= 15 is 0 Å². The first-order chi connectivity index (χ1) is 15.0. The highest BCUT2D eigenvalue weighted by atomic mass is 32.2. The molecule has 0 aliphatic heterocycles. The molecule has 4 aromatic rings. The van der Waals surface area contributed by atoms with Gasteiger partial charge in [0.25, 0.3) is 0 Å². The zero-order chi connectivity index (χ0) is 21.7. The van der Waals surface area contributed by atoms with Crippen LogP contribution in [0, 0.1) is 0 Å². The minimum Gasteiger partial charge on any atom is -0.468 e. The number of benzene rings is 3. The molecule has 0 saturated heterocycles. The fourth-order valence-corrected chi connectivity index (χ4v) is 4.09. The molecular formula is C24H20N2O4S. The molecule has 0 saturated carbocycles. The Morgan fingerprint density at radius 3 is 2.45 bits per heavy atom. The predicted molar refractivity (Wildman–Crippen MR) is 121 cm³/mol. The summed E-state index contributed by atoms with van der Waals surface area (Å²) in [7, 11) is -3.66. The minimum absolute atomic E-state index is 0.0747. The van der Waals surface area contributed by atoms with E-state index in [4.69, 9.17) is 4.42 Å². The van der Waals surface area contributed by atoms with Crippen LogP contribution in [-0.4, -0.2) is 14.3 Å². The summed E-state index contributed by atoms with van der Waals surface area (Å²) in [5.74, 6) is 0.258. The molecule has 0 spiro atoms. The third-order valence-electron chi connectivity index (χ3n) is 4.68. The lowest BCUT2D eigenvalue weighted by molar-refractivity contribution is -0.111. The van der Waals surface area contributed by atoms with Gasteiger partial charge in [-0.1, -0.05) is 48.5 Å². The van der Waals surface area contributed by atoms with Crippen LogP contribution in [0.2, 0.25) is 0 Å². The van der Waals surface area contributed by atoms with Crippen molar-refractivity contribution in [1.82, 2.24) is 4.72 Å². The van der Waals surface area contributed by atoms with Gasteiger partial charge < -0.3 is 9.73 Å². The lowest BCUT2D eigenvalue weighted by atomic mass is 10.1. The number of anilines is 1. The van der Waals surface area contributed by atoms with Gasteiger partial charge in [-0.25, -0.2) is 13.1 Å². The number of rotatable bonds is 7. The number of hydrogen-bond acceptors (Lipinski definition) is 4.